The zero-order valence-electron chi connectivity index (χ0n) is 14.2. The van der Waals surface area contributed by atoms with E-state index in [4.69, 9.17) is 9.47 Å². The number of hydrogen-bond acceptors (Lipinski definition) is 5. The van der Waals surface area contributed by atoms with Crippen LogP contribution in [0.4, 0.5) is 0 Å². The Bertz CT molecular complexity index is 561. The molecule has 2 atom stereocenters. The largest absolute Gasteiger partial charge is 0.464 e. The summed E-state index contributed by atoms with van der Waals surface area (Å²) in [6.07, 6.45) is 0.894. The van der Waals surface area contributed by atoms with Crippen LogP contribution in [0, 0.1) is 5.41 Å². The Morgan fingerprint density at radius 1 is 1.48 bits per heavy atom. The number of esters is 1. The van der Waals surface area contributed by atoms with Crippen molar-refractivity contribution < 1.29 is 19.1 Å². The van der Waals surface area contributed by atoms with Crippen molar-refractivity contribution in [1.82, 2.24) is 5.32 Å². The molecule has 5 nitrogen and oxygen atoms in total. The van der Waals surface area contributed by atoms with E-state index in [9.17, 15) is 9.59 Å². The minimum atomic E-state index is -0.665. The van der Waals surface area contributed by atoms with Gasteiger partial charge in [-0.3, -0.25) is 4.79 Å². The highest BCUT2D eigenvalue weighted by Gasteiger charge is 2.35. The molecule has 128 valence electrons. The predicted molar refractivity (Wildman–Crippen MR) is 89.4 cm³/mol. The van der Waals surface area contributed by atoms with Gasteiger partial charge in [-0.05, 0) is 35.8 Å². The second kappa shape index (κ2) is 7.45. The molecule has 2 heterocycles. The van der Waals surface area contributed by atoms with Gasteiger partial charge in [0.1, 0.15) is 12.1 Å². The number of thiophene rings is 1. The number of nitrogens with one attached hydrogen (secondary N) is 1. The SMILES string of the molecule is CCOC(=O)[C@@H](NC(=O)C[C@H]1OCCc2ccsc21)C(C)(C)C. The number of carbonyl (C=O) groups is 2. The fraction of sp³-hybridized carbons (Fsp3) is 0.647. The third kappa shape index (κ3) is 4.54. The monoisotopic (exact) mass is 339 g/mol. The summed E-state index contributed by atoms with van der Waals surface area (Å²) in [5, 5.41) is 4.85. The lowest BCUT2D eigenvalue weighted by Crippen LogP contribution is -2.50. The molecule has 0 unspecified atom stereocenters. The summed E-state index contributed by atoms with van der Waals surface area (Å²) in [6, 6.07) is 1.42. The van der Waals surface area contributed by atoms with Crippen molar-refractivity contribution in [3.05, 3.63) is 21.9 Å². The molecule has 1 aromatic heterocycles. The first-order valence-corrected chi connectivity index (χ1v) is 8.84. The Morgan fingerprint density at radius 3 is 2.87 bits per heavy atom. The molecule has 0 aliphatic carbocycles. The van der Waals surface area contributed by atoms with E-state index in [0.717, 1.165) is 11.3 Å². The van der Waals surface area contributed by atoms with E-state index >= 15 is 0 Å². The van der Waals surface area contributed by atoms with Gasteiger partial charge in [0.25, 0.3) is 0 Å². The summed E-state index contributed by atoms with van der Waals surface area (Å²) in [5.41, 5.74) is 0.848. The van der Waals surface area contributed by atoms with Gasteiger partial charge in [-0.25, -0.2) is 4.79 Å². The average molecular weight is 339 g/mol. The van der Waals surface area contributed by atoms with Crippen LogP contribution >= 0.6 is 11.3 Å². The zero-order chi connectivity index (χ0) is 17.0. The van der Waals surface area contributed by atoms with Gasteiger partial charge in [-0.15, -0.1) is 11.3 Å². The van der Waals surface area contributed by atoms with Gasteiger partial charge in [0.2, 0.25) is 5.91 Å². The first-order valence-electron chi connectivity index (χ1n) is 7.96. The molecule has 0 bridgehead atoms. The molecule has 0 saturated heterocycles. The zero-order valence-corrected chi connectivity index (χ0v) is 15.0. The summed E-state index contributed by atoms with van der Waals surface area (Å²) < 4.78 is 10.8. The van der Waals surface area contributed by atoms with E-state index in [1.807, 2.05) is 26.2 Å². The van der Waals surface area contributed by atoms with Crippen LogP contribution in [0.5, 0.6) is 0 Å². The van der Waals surface area contributed by atoms with Crippen LogP contribution in [0.3, 0.4) is 0 Å². The van der Waals surface area contributed by atoms with Crippen molar-refractivity contribution in [1.29, 1.82) is 0 Å². The van der Waals surface area contributed by atoms with Gasteiger partial charge in [0.15, 0.2) is 0 Å². The van der Waals surface area contributed by atoms with Crippen LogP contribution in [0.15, 0.2) is 11.4 Å². The lowest BCUT2D eigenvalue weighted by molar-refractivity contribution is -0.151. The smallest absolute Gasteiger partial charge is 0.329 e. The van der Waals surface area contributed by atoms with E-state index < -0.39 is 17.4 Å². The maximum absolute atomic E-state index is 12.4. The summed E-state index contributed by atoms with van der Waals surface area (Å²) in [7, 11) is 0. The summed E-state index contributed by atoms with van der Waals surface area (Å²) in [4.78, 5) is 25.6. The van der Waals surface area contributed by atoms with E-state index in [0.29, 0.717) is 13.2 Å². The van der Waals surface area contributed by atoms with Crippen molar-refractivity contribution in [3.63, 3.8) is 0 Å². The fourth-order valence-electron chi connectivity index (χ4n) is 2.62. The van der Waals surface area contributed by atoms with Crippen LogP contribution in [0.2, 0.25) is 0 Å². The van der Waals surface area contributed by atoms with Gasteiger partial charge in [0.05, 0.1) is 19.6 Å². The van der Waals surface area contributed by atoms with Crippen molar-refractivity contribution in [3.8, 4) is 0 Å². The van der Waals surface area contributed by atoms with Crippen molar-refractivity contribution in [2.24, 2.45) is 5.41 Å². The molecule has 1 N–H and O–H groups in total. The van der Waals surface area contributed by atoms with Gasteiger partial charge < -0.3 is 14.8 Å². The van der Waals surface area contributed by atoms with E-state index in [1.165, 1.54) is 5.56 Å². The molecule has 23 heavy (non-hydrogen) atoms. The van der Waals surface area contributed by atoms with Crippen LogP contribution in [0.1, 0.15) is 50.7 Å². The van der Waals surface area contributed by atoms with Gasteiger partial charge in [0, 0.05) is 4.88 Å². The Kier molecular flexibility index (Phi) is 5.81. The van der Waals surface area contributed by atoms with Gasteiger partial charge >= 0.3 is 5.97 Å². The number of rotatable bonds is 5. The molecule has 0 aromatic carbocycles. The Balaban J connectivity index is 2.02. The minimum absolute atomic E-state index is 0.191. The molecule has 0 fully saturated rings. The molecule has 0 spiro atoms. The quantitative estimate of drug-likeness (QED) is 0.838. The third-order valence-corrected chi connectivity index (χ3v) is 4.88. The highest BCUT2D eigenvalue weighted by atomic mass is 32.1. The lowest BCUT2D eigenvalue weighted by atomic mass is 9.86. The van der Waals surface area contributed by atoms with Crippen molar-refractivity contribution in [2.45, 2.75) is 52.7 Å². The first-order chi connectivity index (χ1) is 10.8. The second-order valence-corrected chi connectivity index (χ2v) is 7.69. The standard InChI is InChI=1S/C17H25NO4S/c1-5-21-16(20)15(17(2,3)4)18-13(19)10-12-14-11(6-8-22-12)7-9-23-14/h7,9,12,15H,5-6,8,10H2,1-4H3,(H,18,19)/t12-,15-/m1/s1. The second-order valence-electron chi connectivity index (χ2n) is 6.74. The van der Waals surface area contributed by atoms with Crippen molar-refractivity contribution in [2.75, 3.05) is 13.2 Å². The number of carbonyl (C=O) groups excluding carboxylic acids is 2. The molecule has 1 amide bonds. The normalized spacial score (nSPS) is 18.9. The summed E-state index contributed by atoms with van der Waals surface area (Å²) >= 11 is 1.62. The average Bonchev–Trinajstić information content (AvgIpc) is 2.93. The van der Waals surface area contributed by atoms with Crippen LogP contribution in [-0.4, -0.2) is 31.1 Å². The van der Waals surface area contributed by atoms with E-state index in [-0.39, 0.29) is 18.4 Å². The number of amides is 1. The molecule has 1 aromatic rings. The Labute approximate surface area is 141 Å². The summed E-state index contributed by atoms with van der Waals surface area (Å²) in [5.74, 6) is -0.584. The maximum atomic E-state index is 12.4. The minimum Gasteiger partial charge on any atom is -0.464 e. The highest BCUT2D eigenvalue weighted by molar-refractivity contribution is 7.10. The topological polar surface area (TPSA) is 64.6 Å². The predicted octanol–water partition coefficient (Wildman–Crippen LogP) is 2.85. The lowest BCUT2D eigenvalue weighted by Gasteiger charge is -2.30. The maximum Gasteiger partial charge on any atom is 0.329 e. The molecular weight excluding hydrogens is 314 g/mol. The third-order valence-electron chi connectivity index (χ3n) is 3.83. The number of ether oxygens (including phenoxy) is 2. The van der Waals surface area contributed by atoms with Crippen molar-refractivity contribution >= 4 is 23.2 Å². The van der Waals surface area contributed by atoms with Crippen LogP contribution in [0.25, 0.3) is 0 Å². The van der Waals surface area contributed by atoms with Crippen LogP contribution < -0.4 is 5.32 Å². The highest BCUT2D eigenvalue weighted by Crippen LogP contribution is 2.34. The molecule has 1 aliphatic heterocycles. The Hall–Kier alpha value is -1.40. The molecule has 6 heteroatoms. The van der Waals surface area contributed by atoms with Gasteiger partial charge in [-0.2, -0.15) is 0 Å². The molecule has 2 rings (SSSR count). The van der Waals surface area contributed by atoms with Crippen LogP contribution in [-0.2, 0) is 25.5 Å². The molecule has 0 radical (unpaired) electrons. The summed E-state index contributed by atoms with van der Waals surface area (Å²) in [6.45, 7) is 8.40. The van der Waals surface area contributed by atoms with E-state index in [1.54, 1.807) is 18.3 Å². The number of hydrogen-bond donors (Lipinski definition) is 1. The molecular formula is C17H25NO4S. The number of fused-ring (bicyclic) bond motifs is 1. The van der Waals surface area contributed by atoms with Gasteiger partial charge in [-0.1, -0.05) is 20.8 Å². The fourth-order valence-corrected chi connectivity index (χ4v) is 3.62. The molecule has 0 saturated carbocycles. The Morgan fingerprint density at radius 2 is 2.22 bits per heavy atom. The molecule has 1 aliphatic rings. The first kappa shape index (κ1) is 17.9. The van der Waals surface area contributed by atoms with E-state index in [2.05, 4.69) is 11.4 Å².